The highest BCUT2D eigenvalue weighted by molar-refractivity contribution is 7.99. The number of nitrogens with zero attached hydrogens (tertiary/aromatic N) is 1. The molecule has 0 atom stereocenters. The number of aromatic amines is 1. The van der Waals surface area contributed by atoms with Crippen molar-refractivity contribution in [2.45, 2.75) is 18.5 Å². The van der Waals surface area contributed by atoms with Crippen LogP contribution in [0.15, 0.2) is 24.0 Å². The molecule has 1 aromatic rings. The average molecular weight is 225 g/mol. The van der Waals surface area contributed by atoms with Gasteiger partial charge in [0.1, 0.15) is 0 Å². The van der Waals surface area contributed by atoms with Crippen molar-refractivity contribution >= 4 is 17.7 Å². The number of nitrogens with one attached hydrogen (secondary N) is 2. The van der Waals surface area contributed by atoms with Crippen molar-refractivity contribution in [1.82, 2.24) is 15.3 Å². The number of hydrogen-bond donors (Lipinski definition) is 2. The van der Waals surface area contributed by atoms with Gasteiger partial charge in [-0.05, 0) is 6.42 Å². The van der Waals surface area contributed by atoms with Crippen LogP contribution in [0.3, 0.4) is 0 Å². The number of thioether (sulfide) groups is 1. The van der Waals surface area contributed by atoms with Gasteiger partial charge in [-0.2, -0.15) is 0 Å². The number of aryl methyl sites for hydroxylation is 1. The average Bonchev–Trinajstić information content (AvgIpc) is 2.71. The van der Waals surface area contributed by atoms with E-state index in [1.807, 2.05) is 0 Å². The Bertz CT molecular complexity index is 335. The van der Waals surface area contributed by atoms with Gasteiger partial charge in [0.25, 0.3) is 0 Å². The van der Waals surface area contributed by atoms with Crippen molar-refractivity contribution < 1.29 is 4.79 Å². The molecule has 5 heteroatoms. The Balaban J connectivity index is 2.30. The molecule has 0 unspecified atom stereocenters. The molecule has 0 spiro atoms. The monoisotopic (exact) mass is 225 g/mol. The Morgan fingerprint density at radius 2 is 2.60 bits per heavy atom. The zero-order valence-corrected chi connectivity index (χ0v) is 9.56. The van der Waals surface area contributed by atoms with E-state index in [4.69, 9.17) is 0 Å². The first-order chi connectivity index (χ1) is 7.26. The number of hydrogen-bond acceptors (Lipinski definition) is 3. The summed E-state index contributed by atoms with van der Waals surface area (Å²) < 4.78 is 0. The third-order valence-corrected chi connectivity index (χ3v) is 2.66. The lowest BCUT2D eigenvalue weighted by Crippen LogP contribution is -2.24. The molecule has 0 fully saturated rings. The lowest BCUT2D eigenvalue weighted by Gasteiger charge is -1.99. The summed E-state index contributed by atoms with van der Waals surface area (Å²) in [6.07, 6.45) is 4.38. The molecule has 0 saturated heterocycles. The number of H-pyrrole nitrogens is 1. The second-order valence-electron chi connectivity index (χ2n) is 2.95. The van der Waals surface area contributed by atoms with E-state index in [9.17, 15) is 4.79 Å². The van der Waals surface area contributed by atoms with Crippen LogP contribution in [0.25, 0.3) is 0 Å². The fraction of sp³-hybridized carbons (Fsp3) is 0.400. The minimum Gasteiger partial charge on any atom is -0.352 e. The van der Waals surface area contributed by atoms with Crippen LogP contribution >= 0.6 is 11.8 Å². The Morgan fingerprint density at radius 3 is 3.20 bits per heavy atom. The van der Waals surface area contributed by atoms with Crippen LogP contribution in [-0.2, 0) is 11.2 Å². The van der Waals surface area contributed by atoms with Crippen molar-refractivity contribution in [2.75, 3.05) is 12.3 Å². The van der Waals surface area contributed by atoms with E-state index in [1.165, 1.54) is 11.8 Å². The molecule has 1 rings (SSSR count). The molecule has 0 radical (unpaired) electrons. The molecule has 1 amide bonds. The van der Waals surface area contributed by atoms with Crippen LogP contribution in [0.5, 0.6) is 0 Å². The van der Waals surface area contributed by atoms with Crippen molar-refractivity contribution in [1.29, 1.82) is 0 Å². The van der Waals surface area contributed by atoms with E-state index in [0.717, 1.165) is 17.3 Å². The molecule has 15 heavy (non-hydrogen) atoms. The zero-order chi connectivity index (χ0) is 11.1. The zero-order valence-electron chi connectivity index (χ0n) is 8.75. The fourth-order valence-electron chi connectivity index (χ4n) is 0.962. The van der Waals surface area contributed by atoms with Gasteiger partial charge in [-0.15, -0.1) is 6.58 Å². The van der Waals surface area contributed by atoms with Crippen LogP contribution in [0.1, 0.15) is 12.6 Å². The van der Waals surface area contributed by atoms with Gasteiger partial charge < -0.3 is 10.3 Å². The lowest BCUT2D eigenvalue weighted by atomic mass is 10.4. The highest BCUT2D eigenvalue weighted by Gasteiger charge is 2.04. The van der Waals surface area contributed by atoms with Gasteiger partial charge in [0.2, 0.25) is 5.91 Å². The maximum Gasteiger partial charge on any atom is 0.230 e. The van der Waals surface area contributed by atoms with E-state index >= 15 is 0 Å². The van der Waals surface area contributed by atoms with Crippen LogP contribution in [0.4, 0.5) is 0 Å². The first kappa shape index (κ1) is 11.8. The van der Waals surface area contributed by atoms with Crippen LogP contribution < -0.4 is 5.32 Å². The van der Waals surface area contributed by atoms with Crippen molar-refractivity contribution in [3.05, 3.63) is 24.5 Å². The molecule has 0 aliphatic carbocycles. The van der Waals surface area contributed by atoms with Crippen molar-refractivity contribution in [3.8, 4) is 0 Å². The fourth-order valence-corrected chi connectivity index (χ4v) is 1.66. The molecule has 0 aliphatic rings. The number of carbonyl (C=O) groups excluding carboxylic acids is 1. The largest absolute Gasteiger partial charge is 0.352 e. The molecule has 1 aromatic heterocycles. The topological polar surface area (TPSA) is 57.8 Å². The van der Waals surface area contributed by atoms with Gasteiger partial charge in [-0.1, -0.05) is 24.8 Å². The van der Waals surface area contributed by atoms with E-state index < -0.39 is 0 Å². The molecule has 82 valence electrons. The molecule has 0 aliphatic heterocycles. The Morgan fingerprint density at radius 1 is 1.80 bits per heavy atom. The number of amides is 1. The first-order valence-corrected chi connectivity index (χ1v) is 5.79. The van der Waals surface area contributed by atoms with Gasteiger partial charge in [-0.3, -0.25) is 4.79 Å². The van der Waals surface area contributed by atoms with Crippen LogP contribution in [0, 0.1) is 0 Å². The van der Waals surface area contributed by atoms with Crippen LogP contribution in [0.2, 0.25) is 0 Å². The molecular formula is C10H15N3OS. The van der Waals surface area contributed by atoms with Gasteiger partial charge in [-0.25, -0.2) is 4.98 Å². The standard InChI is InChI=1S/C10H15N3OS/c1-3-5-11-9(14)7-15-10-12-6-8(4-2)13-10/h3,6H,1,4-5,7H2,2H3,(H,11,14)(H,12,13). The number of carbonyl (C=O) groups is 1. The van der Waals surface area contributed by atoms with Crippen molar-refractivity contribution in [2.24, 2.45) is 0 Å². The highest BCUT2D eigenvalue weighted by Crippen LogP contribution is 2.13. The summed E-state index contributed by atoms with van der Waals surface area (Å²) in [4.78, 5) is 18.5. The minimum atomic E-state index is -0.00523. The smallest absolute Gasteiger partial charge is 0.230 e. The second-order valence-corrected chi connectivity index (χ2v) is 3.91. The molecule has 2 N–H and O–H groups in total. The molecule has 4 nitrogen and oxygen atoms in total. The second kappa shape index (κ2) is 6.29. The van der Waals surface area contributed by atoms with Crippen molar-refractivity contribution in [3.63, 3.8) is 0 Å². The maximum atomic E-state index is 11.2. The summed E-state index contributed by atoms with van der Waals surface area (Å²) in [5.74, 6) is 0.374. The quantitative estimate of drug-likeness (QED) is 0.568. The van der Waals surface area contributed by atoms with E-state index in [0.29, 0.717) is 12.3 Å². The van der Waals surface area contributed by atoms with Gasteiger partial charge in [0, 0.05) is 18.4 Å². The summed E-state index contributed by atoms with van der Waals surface area (Å²) >= 11 is 1.40. The summed E-state index contributed by atoms with van der Waals surface area (Å²) in [5, 5.41) is 3.50. The highest BCUT2D eigenvalue weighted by atomic mass is 32.2. The molecule has 0 bridgehead atoms. The lowest BCUT2D eigenvalue weighted by molar-refractivity contribution is -0.118. The number of imidazole rings is 1. The Labute approximate surface area is 93.6 Å². The van der Waals surface area contributed by atoms with Crippen LogP contribution in [-0.4, -0.2) is 28.2 Å². The van der Waals surface area contributed by atoms with Gasteiger partial charge >= 0.3 is 0 Å². The van der Waals surface area contributed by atoms with Gasteiger partial charge in [0.15, 0.2) is 5.16 Å². The molecule has 0 saturated carbocycles. The molecule has 0 aromatic carbocycles. The summed E-state index contributed by atoms with van der Waals surface area (Å²) in [6.45, 7) is 6.09. The normalized spacial score (nSPS) is 9.93. The summed E-state index contributed by atoms with van der Waals surface area (Å²) in [5.41, 5.74) is 1.09. The molecule has 1 heterocycles. The first-order valence-electron chi connectivity index (χ1n) is 4.80. The molecular weight excluding hydrogens is 210 g/mol. The minimum absolute atomic E-state index is 0.00523. The van der Waals surface area contributed by atoms with E-state index in [2.05, 4.69) is 28.8 Å². The van der Waals surface area contributed by atoms with Gasteiger partial charge in [0.05, 0.1) is 5.75 Å². The van der Waals surface area contributed by atoms with E-state index in [-0.39, 0.29) is 5.91 Å². The predicted molar refractivity (Wildman–Crippen MR) is 61.9 cm³/mol. The third-order valence-electron chi connectivity index (χ3n) is 1.77. The number of rotatable bonds is 6. The SMILES string of the molecule is C=CCNC(=O)CSc1ncc(CC)[nH]1. The Kier molecular flexibility index (Phi) is 4.97. The number of aromatic nitrogens is 2. The maximum absolute atomic E-state index is 11.2. The van der Waals surface area contributed by atoms with E-state index in [1.54, 1.807) is 12.3 Å². The summed E-state index contributed by atoms with van der Waals surface area (Å²) in [7, 11) is 0. The Hall–Kier alpha value is -1.23. The predicted octanol–water partition coefficient (Wildman–Crippen LogP) is 1.37. The summed E-state index contributed by atoms with van der Waals surface area (Å²) in [6, 6.07) is 0. The third kappa shape index (κ3) is 4.20.